The van der Waals surface area contributed by atoms with E-state index in [0.29, 0.717) is 18.2 Å². The SMILES string of the molecule is Nc1c(N=Nc2ccc(C(=O)O)cc2)c(SOOO)cc2cc(S(=O)(=O)[O-])c(N=Nc3ccc(N=Nc4c(SOOO)cc5cc(S(=O)(=O)O)c(N=Nc6ccc([N+](=O)[O-])cc6SOOO)c(O)c5c4O)c(S(=O)(=O)O)c3)c(O)c12.[K+]. The fourth-order valence-electron chi connectivity index (χ4n) is 6.75. The number of benzene rings is 7. The molecule has 0 bridgehead atoms. The number of nitrogen functional groups attached to an aromatic ring is 1. The smallest absolute Gasteiger partial charge is 0.744 e. The third-order valence-electron chi connectivity index (χ3n) is 10.1. The Morgan fingerprint density at radius 2 is 1.00 bits per heavy atom. The van der Waals surface area contributed by atoms with Gasteiger partial charge in [0.05, 0.1) is 94.0 Å². The zero-order chi connectivity index (χ0) is 58.4. The summed E-state index contributed by atoms with van der Waals surface area (Å²) < 4.78 is 122. The van der Waals surface area contributed by atoms with Crippen LogP contribution in [-0.4, -0.2) is 86.0 Å². The molecule has 7 rings (SSSR count). The van der Waals surface area contributed by atoms with Gasteiger partial charge in [-0.05, 0) is 83.6 Å². The van der Waals surface area contributed by atoms with Crippen molar-refractivity contribution in [2.75, 3.05) is 5.73 Å². The molecule has 0 radical (unpaired) electrons. The molecule has 0 saturated heterocycles. The Bertz CT molecular complexity index is 4150. The maximum Gasteiger partial charge on any atom is 1.00 e. The van der Waals surface area contributed by atoms with Crippen LogP contribution in [0.1, 0.15) is 10.4 Å². The van der Waals surface area contributed by atoms with Crippen LogP contribution in [0, 0.1) is 10.1 Å². The van der Waals surface area contributed by atoms with Crippen LogP contribution in [0.4, 0.5) is 56.9 Å². The van der Waals surface area contributed by atoms with E-state index in [9.17, 15) is 74.2 Å². The number of phenolic OH excluding ortho intramolecular Hbond substituents is 3. The zero-order valence-electron chi connectivity index (χ0n) is 39.2. The van der Waals surface area contributed by atoms with Gasteiger partial charge < -0.3 is 30.7 Å². The Kier molecular flexibility index (Phi) is 21.0. The van der Waals surface area contributed by atoms with E-state index in [1.807, 2.05) is 0 Å². The summed E-state index contributed by atoms with van der Waals surface area (Å²) in [6.45, 7) is 0. The van der Waals surface area contributed by atoms with Crippen molar-refractivity contribution in [3.63, 3.8) is 0 Å². The van der Waals surface area contributed by atoms with E-state index < -0.39 is 134 Å². The molecule has 7 aromatic carbocycles. The molecule has 0 spiro atoms. The number of carbonyl (C=O) groups is 1. The van der Waals surface area contributed by atoms with E-state index in [2.05, 4.69) is 69.0 Å². The average Bonchev–Trinajstić information content (AvgIpc) is 3.39. The Morgan fingerprint density at radius 3 is 1.57 bits per heavy atom. The third-order valence-corrected chi connectivity index (χ3v) is 14.6. The van der Waals surface area contributed by atoms with Crippen molar-refractivity contribution in [2.24, 2.45) is 40.9 Å². The number of hydrogen-bond acceptors (Lipinski definition) is 34. The molecule has 0 unspecified atom stereocenters. The summed E-state index contributed by atoms with van der Waals surface area (Å²) in [6, 6.07) is 13.2. The molecule has 0 amide bonds. The van der Waals surface area contributed by atoms with Crippen LogP contribution in [0.3, 0.4) is 0 Å². The molecule has 42 heteroatoms. The molecule has 0 heterocycles. The number of fused-ring (bicyclic) bond motifs is 2. The zero-order valence-corrected chi connectivity index (χ0v) is 47.2. The molecule has 7 aromatic rings. The minimum absolute atomic E-state index is 0. The normalized spacial score (nSPS) is 12.4. The van der Waals surface area contributed by atoms with Gasteiger partial charge in [-0.25, -0.2) is 29.0 Å². The van der Waals surface area contributed by atoms with Crippen LogP contribution in [0.2, 0.25) is 0 Å². The summed E-state index contributed by atoms with van der Waals surface area (Å²) in [4.78, 5) is 17.3. The van der Waals surface area contributed by atoms with E-state index in [-0.39, 0.29) is 125 Å². The van der Waals surface area contributed by atoms with Crippen molar-refractivity contribution in [1.82, 2.24) is 0 Å². The predicted molar refractivity (Wildman–Crippen MR) is 267 cm³/mol. The average molecular weight is 1270 g/mol. The van der Waals surface area contributed by atoms with Gasteiger partial charge in [0.1, 0.15) is 54.0 Å². The second kappa shape index (κ2) is 26.7. The molecule has 0 saturated carbocycles. The Hall–Kier alpha value is -6.41. The standard InChI is InChI=1S/C39H26N10O25S6.K/c40-31-29-16(9-24(76-73-70-58)32(31)45-41-18-3-1-15(2-4-18)39(53)54)11-27(79(63,64)65)34(36(29)50)47-42-19-5-7-22(26(13-19)78(60,61)62)44-46-33-25(77-74-71-59)10-17-12-28(80(66,67)68)35(38(52)30(17)37(33)51)48-43-21-8-6-20(49(55)56)14-23(21)75-72-69-57;/h1-14,50-52,57-59H,40H2,(H,53,54)(H,60,61,62)(H,63,64,65)(H,66,67,68);/q;+1/p-1. The van der Waals surface area contributed by atoms with Gasteiger partial charge >= 0.3 is 57.4 Å². The van der Waals surface area contributed by atoms with Gasteiger partial charge in [-0.15, -0.1) is 43.7 Å². The molecule has 0 aliphatic carbocycles. The summed E-state index contributed by atoms with van der Waals surface area (Å²) in [7, 11) is -16.4. The van der Waals surface area contributed by atoms with E-state index in [0.717, 1.165) is 42.5 Å². The van der Waals surface area contributed by atoms with Gasteiger partial charge in [0.2, 0.25) is 0 Å². The molecule has 35 nitrogen and oxygen atoms in total. The molecule has 0 aromatic heterocycles. The van der Waals surface area contributed by atoms with Gasteiger partial charge in [-0.1, -0.05) is 15.1 Å². The molecular formula is C39H25KN10O25S6. The molecule has 418 valence electrons. The number of rotatable bonds is 22. The summed E-state index contributed by atoms with van der Waals surface area (Å²) in [5.74, 6) is -4.81. The van der Waals surface area contributed by atoms with Crippen molar-refractivity contribution in [3.05, 3.63) is 101 Å². The van der Waals surface area contributed by atoms with E-state index in [4.69, 9.17) is 21.5 Å². The monoisotopic (exact) mass is 1260 g/mol. The van der Waals surface area contributed by atoms with Crippen molar-refractivity contribution < 1.29 is 164 Å². The summed E-state index contributed by atoms with van der Waals surface area (Å²) in [6.07, 6.45) is 0. The number of nitrogens with zero attached hydrogens (tertiary/aromatic N) is 9. The first-order chi connectivity index (χ1) is 37.8. The number of hydrogen-bond donors (Lipinski definition) is 10. The number of nitro benzene ring substituents is 1. The second-order valence-electron chi connectivity index (χ2n) is 14.8. The number of aromatic hydroxyl groups is 3. The Labute approximate surface area is 504 Å². The largest absolute Gasteiger partial charge is 1.00 e. The Balaban J connectivity index is 0.0000106. The second-order valence-corrected chi connectivity index (χ2v) is 21.2. The van der Waals surface area contributed by atoms with E-state index >= 15 is 0 Å². The maximum absolute atomic E-state index is 12.8. The summed E-state index contributed by atoms with van der Waals surface area (Å²) >= 11 is 0.440. The number of anilines is 1. The maximum atomic E-state index is 12.8. The van der Waals surface area contributed by atoms with Crippen LogP contribution in [-0.2, 0) is 58.5 Å². The van der Waals surface area contributed by atoms with Crippen LogP contribution in [0.15, 0.2) is 155 Å². The minimum atomic E-state index is -5.60. The molecule has 0 aliphatic rings. The van der Waals surface area contributed by atoms with Crippen molar-refractivity contribution in [1.29, 1.82) is 0 Å². The predicted octanol–water partition coefficient (Wildman–Crippen LogP) is 7.65. The quantitative estimate of drug-likeness (QED) is 0.00455. The number of phenols is 3. The van der Waals surface area contributed by atoms with Crippen LogP contribution in [0.5, 0.6) is 17.2 Å². The van der Waals surface area contributed by atoms with Crippen LogP contribution in [0.25, 0.3) is 21.5 Å². The molecule has 81 heavy (non-hydrogen) atoms. The summed E-state index contributed by atoms with van der Waals surface area (Å²) in [5.41, 5.74) is 0.249. The Morgan fingerprint density at radius 1 is 0.543 bits per heavy atom. The van der Waals surface area contributed by atoms with Gasteiger partial charge in [-0.3, -0.25) is 19.2 Å². The molecule has 0 aliphatic heterocycles. The van der Waals surface area contributed by atoms with Crippen molar-refractivity contribution in [3.8, 4) is 17.2 Å². The van der Waals surface area contributed by atoms with Gasteiger partial charge in [0.15, 0.2) is 17.2 Å². The van der Waals surface area contributed by atoms with Gasteiger partial charge in [0.25, 0.3) is 25.9 Å². The third kappa shape index (κ3) is 14.8. The first-order valence-electron chi connectivity index (χ1n) is 20.2. The molecule has 11 N–H and O–H groups in total. The van der Waals surface area contributed by atoms with E-state index in [1.54, 1.807) is 0 Å². The van der Waals surface area contributed by atoms with Crippen molar-refractivity contribution >= 4 is 151 Å². The molecule has 0 atom stereocenters. The number of nitro groups is 1. The van der Waals surface area contributed by atoms with E-state index in [1.165, 1.54) is 24.3 Å². The fourth-order valence-corrected chi connectivity index (χ4v) is 10.2. The fraction of sp³-hybridized carbons (Fsp3) is 0. The first kappa shape index (κ1) is 63.8. The van der Waals surface area contributed by atoms with Crippen LogP contribution >= 0.6 is 36.1 Å². The van der Waals surface area contributed by atoms with Gasteiger partial charge in [-0.2, -0.15) is 27.1 Å². The number of azo groups is 4. The van der Waals surface area contributed by atoms with Crippen LogP contribution < -0.4 is 57.1 Å². The van der Waals surface area contributed by atoms with Gasteiger partial charge in [0, 0.05) is 12.1 Å². The topological polar surface area (TPSA) is 548 Å². The number of carboxylic acids is 1. The summed E-state index contributed by atoms with van der Waals surface area (Å²) in [5, 5.41) is 121. The number of non-ortho nitro benzene ring substituents is 1. The molecular weight excluding hydrogens is 1240 g/mol. The number of carboxylic acid groups (broad SMARTS) is 1. The number of aromatic carboxylic acids is 1. The molecule has 0 fully saturated rings. The first-order valence-corrected chi connectivity index (χ1v) is 26.7. The number of nitrogens with two attached hydrogens (primary N) is 1. The van der Waals surface area contributed by atoms with Crippen molar-refractivity contribution in [2.45, 2.75) is 29.4 Å². The minimum Gasteiger partial charge on any atom is -0.744 e.